The molecular formula is C11H10FN3O2S2. The zero-order valence-corrected chi connectivity index (χ0v) is 11.3. The van der Waals surface area contributed by atoms with Crippen molar-refractivity contribution in [3.63, 3.8) is 0 Å². The van der Waals surface area contributed by atoms with Crippen molar-refractivity contribution >= 4 is 26.5 Å². The molecule has 0 unspecified atom stereocenters. The second-order valence-corrected chi connectivity index (χ2v) is 6.70. The Morgan fingerprint density at radius 3 is 2.89 bits per heavy atom. The minimum atomic E-state index is -4.02. The summed E-state index contributed by atoms with van der Waals surface area (Å²) in [4.78, 5) is 7.74. The number of hydrogen-bond donors (Lipinski definition) is 1. The fraction of sp³-hybridized carbons (Fsp3) is 0.273. The van der Waals surface area contributed by atoms with Crippen LogP contribution in [0.25, 0.3) is 0 Å². The Morgan fingerprint density at radius 1 is 1.42 bits per heavy atom. The zero-order chi connectivity index (χ0) is 13.5. The van der Waals surface area contributed by atoms with Gasteiger partial charge in [-0.15, -0.1) is 11.3 Å². The van der Waals surface area contributed by atoms with Crippen molar-refractivity contribution < 1.29 is 12.8 Å². The Labute approximate surface area is 113 Å². The van der Waals surface area contributed by atoms with Crippen LogP contribution in [-0.4, -0.2) is 18.4 Å². The molecule has 1 N–H and O–H groups in total. The van der Waals surface area contributed by atoms with E-state index in [0.717, 1.165) is 24.6 Å². The van der Waals surface area contributed by atoms with Crippen LogP contribution in [0.1, 0.15) is 24.5 Å². The predicted octanol–water partition coefficient (Wildman–Crippen LogP) is 2.36. The number of hydrogen-bond acceptors (Lipinski definition) is 5. The Bertz CT molecular complexity index is 710. The largest absolute Gasteiger partial charge is 0.284 e. The standard InChI is InChI=1S/C11H10FN3O2S2/c12-8-2-1-5-13-10(8)19(16,17)15-11-14-9(6-18-11)7-3-4-7/h1-2,5-7H,3-4H2,(H,14,15). The lowest BCUT2D eigenvalue weighted by Gasteiger charge is -2.04. The number of thiazole rings is 1. The first-order valence-electron chi connectivity index (χ1n) is 5.65. The molecule has 1 aliphatic rings. The van der Waals surface area contributed by atoms with Crippen LogP contribution in [0.3, 0.4) is 0 Å². The molecule has 0 aromatic carbocycles. The van der Waals surface area contributed by atoms with Gasteiger partial charge in [-0.1, -0.05) is 0 Å². The van der Waals surface area contributed by atoms with Gasteiger partial charge < -0.3 is 0 Å². The third kappa shape index (κ3) is 2.59. The molecule has 0 radical (unpaired) electrons. The second-order valence-electron chi connectivity index (χ2n) is 4.25. The van der Waals surface area contributed by atoms with E-state index in [-0.39, 0.29) is 5.13 Å². The van der Waals surface area contributed by atoms with Gasteiger partial charge in [0, 0.05) is 17.5 Å². The molecule has 0 saturated heterocycles. The molecular weight excluding hydrogens is 289 g/mol. The molecule has 0 amide bonds. The molecule has 0 bridgehead atoms. The van der Waals surface area contributed by atoms with Gasteiger partial charge in [-0.3, -0.25) is 4.72 Å². The van der Waals surface area contributed by atoms with Gasteiger partial charge in [-0.2, -0.15) is 8.42 Å². The number of pyridine rings is 1. The van der Waals surface area contributed by atoms with Gasteiger partial charge in [0.25, 0.3) is 10.0 Å². The number of rotatable bonds is 4. The number of sulfonamides is 1. The second kappa shape index (κ2) is 4.53. The summed E-state index contributed by atoms with van der Waals surface area (Å²) in [7, 11) is -4.02. The maximum atomic E-state index is 13.4. The van der Waals surface area contributed by atoms with Gasteiger partial charge in [0.2, 0.25) is 5.03 Å². The van der Waals surface area contributed by atoms with Crippen molar-refractivity contribution in [2.45, 2.75) is 23.8 Å². The molecule has 2 heterocycles. The highest BCUT2D eigenvalue weighted by Gasteiger charge is 2.27. The van der Waals surface area contributed by atoms with E-state index in [2.05, 4.69) is 14.7 Å². The quantitative estimate of drug-likeness (QED) is 0.940. The number of anilines is 1. The van der Waals surface area contributed by atoms with Crippen LogP contribution in [0.4, 0.5) is 9.52 Å². The Kier molecular flexibility index (Phi) is 2.98. The summed E-state index contributed by atoms with van der Waals surface area (Å²) in [5.74, 6) is -0.435. The van der Waals surface area contributed by atoms with Gasteiger partial charge in [-0.05, 0) is 25.0 Å². The van der Waals surface area contributed by atoms with Crippen LogP contribution >= 0.6 is 11.3 Å². The van der Waals surface area contributed by atoms with E-state index in [1.165, 1.54) is 23.6 Å². The van der Waals surface area contributed by atoms with Crippen LogP contribution < -0.4 is 4.72 Å². The molecule has 5 nitrogen and oxygen atoms in total. The van der Waals surface area contributed by atoms with Crippen molar-refractivity contribution in [3.8, 4) is 0 Å². The minimum absolute atomic E-state index is 0.243. The molecule has 8 heteroatoms. The normalized spacial score (nSPS) is 15.4. The van der Waals surface area contributed by atoms with Gasteiger partial charge in [0.1, 0.15) is 0 Å². The minimum Gasteiger partial charge on any atom is -0.253 e. The van der Waals surface area contributed by atoms with Crippen LogP contribution in [-0.2, 0) is 10.0 Å². The molecule has 0 spiro atoms. The summed E-state index contributed by atoms with van der Waals surface area (Å²) in [6, 6.07) is 2.39. The number of halogens is 1. The summed E-state index contributed by atoms with van der Waals surface area (Å²) in [6.45, 7) is 0. The number of nitrogens with zero attached hydrogens (tertiary/aromatic N) is 2. The Morgan fingerprint density at radius 2 is 2.21 bits per heavy atom. The van der Waals surface area contributed by atoms with E-state index in [1.807, 2.05) is 5.38 Å². The van der Waals surface area contributed by atoms with Crippen LogP contribution in [0.15, 0.2) is 28.7 Å². The number of nitrogens with one attached hydrogen (secondary N) is 1. The highest BCUT2D eigenvalue weighted by atomic mass is 32.2. The monoisotopic (exact) mass is 299 g/mol. The number of aromatic nitrogens is 2. The first-order chi connectivity index (χ1) is 9.06. The molecule has 0 aliphatic heterocycles. The highest BCUT2D eigenvalue weighted by molar-refractivity contribution is 7.92. The van der Waals surface area contributed by atoms with Crippen LogP contribution in [0.2, 0.25) is 0 Å². The van der Waals surface area contributed by atoms with E-state index in [0.29, 0.717) is 5.92 Å². The zero-order valence-electron chi connectivity index (χ0n) is 9.71. The molecule has 1 saturated carbocycles. The third-order valence-corrected chi connectivity index (χ3v) is 4.90. The van der Waals surface area contributed by atoms with E-state index in [9.17, 15) is 12.8 Å². The SMILES string of the molecule is O=S(=O)(Nc1nc(C2CC2)cs1)c1ncccc1F. The van der Waals surface area contributed by atoms with Crippen molar-refractivity contribution in [2.24, 2.45) is 0 Å². The lowest BCUT2D eigenvalue weighted by Crippen LogP contribution is -2.16. The van der Waals surface area contributed by atoms with Crippen molar-refractivity contribution in [1.82, 2.24) is 9.97 Å². The smallest absolute Gasteiger partial charge is 0.253 e. The van der Waals surface area contributed by atoms with Crippen molar-refractivity contribution in [3.05, 3.63) is 35.2 Å². The molecule has 2 aromatic rings. The molecule has 19 heavy (non-hydrogen) atoms. The fourth-order valence-electron chi connectivity index (χ4n) is 1.63. The summed E-state index contributed by atoms with van der Waals surface area (Å²) >= 11 is 1.19. The molecule has 3 rings (SSSR count). The van der Waals surface area contributed by atoms with E-state index < -0.39 is 20.9 Å². The Balaban J connectivity index is 1.86. The molecule has 1 fully saturated rings. The first kappa shape index (κ1) is 12.5. The average molecular weight is 299 g/mol. The van der Waals surface area contributed by atoms with Gasteiger partial charge in [-0.25, -0.2) is 14.4 Å². The lowest BCUT2D eigenvalue weighted by atomic mass is 10.3. The topological polar surface area (TPSA) is 72.0 Å². The first-order valence-corrected chi connectivity index (χ1v) is 8.01. The van der Waals surface area contributed by atoms with Crippen molar-refractivity contribution in [1.29, 1.82) is 0 Å². The van der Waals surface area contributed by atoms with Gasteiger partial charge in [0.05, 0.1) is 5.69 Å². The molecule has 0 atom stereocenters. The highest BCUT2D eigenvalue weighted by Crippen LogP contribution is 2.41. The maximum Gasteiger partial charge on any atom is 0.284 e. The summed E-state index contributed by atoms with van der Waals surface area (Å²) < 4.78 is 39.6. The predicted molar refractivity (Wildman–Crippen MR) is 69.1 cm³/mol. The van der Waals surface area contributed by atoms with E-state index >= 15 is 0 Å². The summed E-state index contributed by atoms with van der Waals surface area (Å²) in [5, 5.41) is 1.45. The molecule has 100 valence electrons. The fourth-order valence-corrected chi connectivity index (χ4v) is 3.69. The van der Waals surface area contributed by atoms with Crippen molar-refractivity contribution in [2.75, 3.05) is 4.72 Å². The lowest BCUT2D eigenvalue weighted by molar-refractivity contribution is 0.557. The average Bonchev–Trinajstić information content (AvgIpc) is 3.11. The Hall–Kier alpha value is -1.54. The van der Waals surface area contributed by atoms with Gasteiger partial charge >= 0.3 is 0 Å². The molecule has 1 aliphatic carbocycles. The van der Waals surface area contributed by atoms with Crippen LogP contribution in [0.5, 0.6) is 0 Å². The molecule has 2 aromatic heterocycles. The summed E-state index contributed by atoms with van der Waals surface area (Å²) in [5.41, 5.74) is 0.893. The maximum absolute atomic E-state index is 13.4. The van der Waals surface area contributed by atoms with E-state index in [1.54, 1.807) is 0 Å². The van der Waals surface area contributed by atoms with Gasteiger partial charge in [0.15, 0.2) is 10.9 Å². The van der Waals surface area contributed by atoms with E-state index in [4.69, 9.17) is 0 Å². The van der Waals surface area contributed by atoms with Crippen LogP contribution in [0, 0.1) is 5.82 Å². The summed E-state index contributed by atoms with van der Waals surface area (Å²) in [6.07, 6.45) is 3.41. The third-order valence-electron chi connectivity index (χ3n) is 2.72.